The van der Waals surface area contributed by atoms with Crippen molar-refractivity contribution in [1.82, 2.24) is 24.3 Å². The van der Waals surface area contributed by atoms with Gasteiger partial charge in [-0.25, -0.2) is 14.8 Å². The molecule has 9 heteroatoms. The largest absolute Gasteiger partial charge is 0.465 e. The van der Waals surface area contributed by atoms with Crippen LogP contribution in [0.25, 0.3) is 33.5 Å². The number of rotatable bonds is 9. The number of hydrogen-bond acceptors (Lipinski definition) is 6. The molecule has 0 unspecified atom stereocenters. The summed E-state index contributed by atoms with van der Waals surface area (Å²) in [5.74, 6) is -0.505. The Hall–Kier alpha value is -5.38. The van der Waals surface area contributed by atoms with Crippen LogP contribution in [0.2, 0.25) is 18.1 Å². The van der Waals surface area contributed by atoms with Gasteiger partial charge in [-0.1, -0.05) is 111 Å². The van der Waals surface area contributed by atoms with Gasteiger partial charge in [-0.15, -0.1) is 0 Å². The van der Waals surface area contributed by atoms with Crippen LogP contribution < -0.4 is 0 Å². The number of aromatic nitrogens is 5. The third kappa shape index (κ3) is 5.43. The molecule has 0 amide bonds. The minimum absolute atomic E-state index is 0.233. The quantitative estimate of drug-likeness (QED) is 0.0941. The maximum absolute atomic E-state index is 13.6. The second-order valence-corrected chi connectivity index (χ2v) is 18.6. The zero-order valence-electron chi connectivity index (χ0n) is 29.3. The molecule has 0 saturated carbocycles. The number of carbonyl (C=O) groups is 1. The van der Waals surface area contributed by atoms with Gasteiger partial charge in [-0.2, -0.15) is 5.10 Å². The molecule has 0 aliphatic rings. The summed E-state index contributed by atoms with van der Waals surface area (Å²) < 4.78 is 9.24. The van der Waals surface area contributed by atoms with Gasteiger partial charge in [0, 0.05) is 18.6 Å². The lowest BCUT2D eigenvalue weighted by Crippen LogP contribution is -2.40. The van der Waals surface area contributed by atoms with Gasteiger partial charge in [0.25, 0.3) is 0 Å². The predicted molar refractivity (Wildman–Crippen MR) is 201 cm³/mol. The molecule has 8 nitrogen and oxygen atoms in total. The first-order chi connectivity index (χ1) is 24.0. The number of carbonyl (C=O) groups excluding carboxylic acids is 1. The summed E-state index contributed by atoms with van der Waals surface area (Å²) in [5, 5.41) is 5.59. The predicted octanol–water partition coefficient (Wildman–Crippen LogP) is 8.13. The fourth-order valence-electron chi connectivity index (χ4n) is 6.91. The summed E-state index contributed by atoms with van der Waals surface area (Å²) >= 11 is 0. The van der Waals surface area contributed by atoms with Crippen LogP contribution in [0.4, 0.5) is 0 Å². The van der Waals surface area contributed by atoms with E-state index in [2.05, 4.69) is 73.0 Å². The smallest absolute Gasteiger partial charge is 0.341 e. The molecule has 0 saturated heterocycles. The molecule has 1 N–H and O–H groups in total. The van der Waals surface area contributed by atoms with Crippen molar-refractivity contribution in [3.05, 3.63) is 149 Å². The van der Waals surface area contributed by atoms with Crippen molar-refractivity contribution in [3.63, 3.8) is 0 Å². The van der Waals surface area contributed by atoms with Crippen LogP contribution in [-0.4, -0.2) is 50.5 Å². The van der Waals surface area contributed by atoms with Gasteiger partial charge < -0.3 is 14.1 Å². The maximum atomic E-state index is 13.6. The van der Waals surface area contributed by atoms with Crippen LogP contribution in [0.5, 0.6) is 0 Å². The highest BCUT2D eigenvalue weighted by molar-refractivity contribution is 6.72. The van der Waals surface area contributed by atoms with Crippen LogP contribution in [0, 0.1) is 0 Å². The number of fused-ring (bicyclic) bond motifs is 2. The van der Waals surface area contributed by atoms with Crippen molar-refractivity contribution in [1.29, 1.82) is 0 Å². The molecule has 0 atom stereocenters. The molecule has 0 fully saturated rings. The summed E-state index contributed by atoms with van der Waals surface area (Å²) in [6.07, 6.45) is 4.30. The second-order valence-electron chi connectivity index (χ2n) is 14.1. The summed E-state index contributed by atoms with van der Waals surface area (Å²) in [7, 11) is 0.859. The molecule has 0 bridgehead atoms. The third-order valence-electron chi connectivity index (χ3n) is 10.3. The summed E-state index contributed by atoms with van der Waals surface area (Å²) in [5.41, 5.74) is 6.62. The highest BCUT2D eigenvalue weighted by Crippen LogP contribution is 2.44. The SMILES string of the molecule is COC(=O)c1cn(C(c2ccccc2)(c2ccccc2)c2ccccc2)c2ncc(-c3nn(C)c4ccc(CC(C)(C)[Si](C)(C)O)cc34)nc12. The van der Waals surface area contributed by atoms with Gasteiger partial charge in [0.15, 0.2) is 14.0 Å². The van der Waals surface area contributed by atoms with Crippen molar-refractivity contribution in [2.75, 3.05) is 7.11 Å². The summed E-state index contributed by atoms with van der Waals surface area (Å²) in [4.78, 5) is 34.8. The lowest BCUT2D eigenvalue weighted by atomic mass is 9.76. The van der Waals surface area contributed by atoms with E-state index in [4.69, 9.17) is 19.8 Å². The lowest BCUT2D eigenvalue weighted by Gasteiger charge is -2.38. The number of aryl methyl sites for hydroxylation is 1. The molecule has 4 aromatic carbocycles. The standard InChI is InChI=1S/C41H41N5O3Si/c1-40(2,50(5,6)48)25-28-22-23-35-32(24-28)36(44-45(35)3)34-26-42-38-37(43-34)33(39(47)49-4)27-46(38)41(29-16-10-7-11-17-29,30-18-12-8-13-19-30)31-20-14-9-15-21-31/h7-24,26-27,48H,25H2,1-6H3. The monoisotopic (exact) mass is 679 g/mol. The second kappa shape index (κ2) is 12.5. The lowest BCUT2D eigenvalue weighted by molar-refractivity contribution is 0.0602. The van der Waals surface area contributed by atoms with E-state index in [9.17, 15) is 9.59 Å². The van der Waals surface area contributed by atoms with Crippen molar-refractivity contribution in [2.45, 2.75) is 43.9 Å². The number of hydrogen-bond donors (Lipinski definition) is 1. The molecule has 0 spiro atoms. The highest BCUT2D eigenvalue weighted by atomic mass is 28.4. The Bertz CT molecular complexity index is 2230. The number of nitrogens with zero attached hydrogens (tertiary/aromatic N) is 5. The van der Waals surface area contributed by atoms with Crippen molar-refractivity contribution >= 4 is 36.4 Å². The average molecular weight is 680 g/mol. The van der Waals surface area contributed by atoms with E-state index in [1.165, 1.54) is 7.11 Å². The molecular formula is C41H41N5O3Si. The van der Waals surface area contributed by atoms with Crippen molar-refractivity contribution in [3.8, 4) is 11.4 Å². The number of esters is 1. The molecule has 0 aliphatic carbocycles. The first kappa shape index (κ1) is 33.1. The average Bonchev–Trinajstić information content (AvgIpc) is 3.66. The number of methoxy groups -OCH3 is 1. The topological polar surface area (TPSA) is 95.1 Å². The first-order valence-corrected chi connectivity index (χ1v) is 19.7. The van der Waals surface area contributed by atoms with Crippen LogP contribution in [-0.2, 0) is 23.7 Å². The molecule has 252 valence electrons. The Kier molecular flexibility index (Phi) is 8.28. The normalized spacial score (nSPS) is 12.5. The van der Waals surface area contributed by atoms with E-state index in [0.29, 0.717) is 28.1 Å². The van der Waals surface area contributed by atoms with E-state index in [0.717, 1.165) is 39.6 Å². The van der Waals surface area contributed by atoms with Gasteiger partial charge in [-0.05, 0) is 58.9 Å². The number of ether oxygens (including phenoxy) is 1. The van der Waals surface area contributed by atoms with Gasteiger partial charge in [0.05, 0.1) is 18.8 Å². The van der Waals surface area contributed by atoms with E-state index < -0.39 is 19.8 Å². The molecular weight excluding hydrogens is 639 g/mol. The van der Waals surface area contributed by atoms with Crippen LogP contribution in [0.3, 0.4) is 0 Å². The minimum Gasteiger partial charge on any atom is -0.465 e. The van der Waals surface area contributed by atoms with Crippen LogP contribution >= 0.6 is 0 Å². The number of benzene rings is 4. The third-order valence-corrected chi connectivity index (χ3v) is 13.8. The zero-order chi connectivity index (χ0) is 35.3. The Morgan fingerprint density at radius 1 is 0.860 bits per heavy atom. The van der Waals surface area contributed by atoms with E-state index in [1.807, 2.05) is 85.6 Å². The molecule has 7 rings (SSSR count). The molecule has 3 heterocycles. The summed E-state index contributed by atoms with van der Waals surface area (Å²) in [6.45, 7) is 8.23. The van der Waals surface area contributed by atoms with Gasteiger partial charge in [0.2, 0.25) is 0 Å². The maximum Gasteiger partial charge on any atom is 0.341 e. The zero-order valence-corrected chi connectivity index (χ0v) is 30.3. The molecule has 7 aromatic rings. The van der Waals surface area contributed by atoms with Crippen LogP contribution in [0.1, 0.15) is 46.5 Å². The van der Waals surface area contributed by atoms with Crippen molar-refractivity contribution in [2.24, 2.45) is 7.05 Å². The van der Waals surface area contributed by atoms with Crippen molar-refractivity contribution < 1.29 is 14.3 Å². The highest BCUT2D eigenvalue weighted by Gasteiger charge is 2.41. The van der Waals surface area contributed by atoms with E-state index in [-0.39, 0.29) is 5.04 Å². The molecule has 0 radical (unpaired) electrons. The Morgan fingerprint density at radius 2 is 1.42 bits per heavy atom. The van der Waals surface area contributed by atoms with E-state index >= 15 is 0 Å². The minimum atomic E-state index is -2.44. The van der Waals surface area contributed by atoms with Gasteiger partial charge in [-0.3, -0.25) is 4.68 Å². The Morgan fingerprint density at radius 3 is 1.94 bits per heavy atom. The van der Waals surface area contributed by atoms with Crippen LogP contribution in [0.15, 0.2) is 122 Å². The fourth-order valence-corrected chi connectivity index (χ4v) is 7.55. The van der Waals surface area contributed by atoms with Gasteiger partial charge >= 0.3 is 5.97 Å². The molecule has 3 aromatic heterocycles. The summed E-state index contributed by atoms with van der Waals surface area (Å²) in [6, 6.07) is 37.1. The van der Waals surface area contributed by atoms with Gasteiger partial charge in [0.1, 0.15) is 28.0 Å². The Labute approximate surface area is 293 Å². The molecule has 0 aliphatic heterocycles. The fraction of sp³-hybridized carbons (Fsp3) is 0.220. The molecule has 50 heavy (non-hydrogen) atoms. The first-order valence-electron chi connectivity index (χ1n) is 16.8. The Balaban J connectivity index is 1.49. The van der Waals surface area contributed by atoms with E-state index in [1.54, 1.807) is 6.20 Å².